The molecule has 0 unspecified atom stereocenters. The summed E-state index contributed by atoms with van der Waals surface area (Å²) in [5.74, 6) is -0.0354. The Bertz CT molecular complexity index is 988. The van der Waals surface area contributed by atoms with Crippen LogP contribution in [0.4, 0.5) is 15.6 Å². The van der Waals surface area contributed by atoms with Crippen molar-refractivity contribution < 1.29 is 9.59 Å². The number of aryl methyl sites for hydroxylation is 2. The highest BCUT2D eigenvalue weighted by Crippen LogP contribution is 2.18. The maximum absolute atomic E-state index is 12.0. The first-order valence-electron chi connectivity index (χ1n) is 9.08. The number of carbonyl (C=O) groups is 2. The van der Waals surface area contributed by atoms with Crippen molar-refractivity contribution in [3.63, 3.8) is 0 Å². The lowest BCUT2D eigenvalue weighted by molar-refractivity contribution is -0.121. The van der Waals surface area contributed by atoms with Gasteiger partial charge in [-0.1, -0.05) is 47.5 Å². The second-order valence-corrected chi connectivity index (χ2v) is 7.79. The van der Waals surface area contributed by atoms with Crippen molar-refractivity contribution in [3.05, 3.63) is 75.8 Å². The average molecular weight is 429 g/mol. The van der Waals surface area contributed by atoms with Crippen LogP contribution in [0.5, 0.6) is 0 Å². The Morgan fingerprint density at radius 2 is 1.90 bits per heavy atom. The van der Waals surface area contributed by atoms with E-state index in [4.69, 9.17) is 11.6 Å². The molecule has 29 heavy (non-hydrogen) atoms. The van der Waals surface area contributed by atoms with Gasteiger partial charge in [-0.05, 0) is 37.1 Å². The van der Waals surface area contributed by atoms with E-state index < -0.39 is 6.03 Å². The molecule has 3 N–H and O–H groups in total. The van der Waals surface area contributed by atoms with E-state index in [1.54, 1.807) is 24.3 Å². The van der Waals surface area contributed by atoms with Crippen molar-refractivity contribution in [2.24, 2.45) is 0 Å². The van der Waals surface area contributed by atoms with Crippen molar-refractivity contribution in [1.29, 1.82) is 0 Å². The van der Waals surface area contributed by atoms with Crippen LogP contribution in [-0.4, -0.2) is 16.9 Å². The number of hydrogen-bond acceptors (Lipinski definition) is 4. The summed E-state index contributed by atoms with van der Waals surface area (Å²) in [5, 5.41) is 11.1. The molecular formula is C21H21ClN4O2S. The highest BCUT2D eigenvalue weighted by molar-refractivity contribution is 7.13. The lowest BCUT2D eigenvalue weighted by Crippen LogP contribution is -2.23. The number of carbonyl (C=O) groups excluding carboxylic acids is 2. The van der Waals surface area contributed by atoms with Gasteiger partial charge in [0.1, 0.15) is 0 Å². The molecule has 2 aromatic carbocycles. The Labute approximate surface area is 178 Å². The highest BCUT2D eigenvalue weighted by atomic mass is 35.5. The second-order valence-electron chi connectivity index (χ2n) is 6.50. The number of anilines is 2. The molecule has 150 valence electrons. The van der Waals surface area contributed by atoms with Crippen molar-refractivity contribution in [2.75, 3.05) is 10.6 Å². The third-order valence-corrected chi connectivity index (χ3v) is 5.11. The van der Waals surface area contributed by atoms with Gasteiger partial charge in [-0.25, -0.2) is 9.78 Å². The van der Waals surface area contributed by atoms with E-state index >= 15 is 0 Å². The quantitative estimate of drug-likeness (QED) is 0.495. The maximum atomic E-state index is 12.0. The molecule has 3 aromatic rings. The van der Waals surface area contributed by atoms with E-state index in [-0.39, 0.29) is 5.91 Å². The molecule has 1 heterocycles. The molecule has 0 bridgehead atoms. The molecule has 6 nitrogen and oxygen atoms in total. The van der Waals surface area contributed by atoms with Crippen molar-refractivity contribution >= 4 is 45.7 Å². The number of urea groups is 1. The molecule has 0 atom stereocenters. The normalized spacial score (nSPS) is 10.4. The zero-order chi connectivity index (χ0) is 20.6. The monoisotopic (exact) mass is 428 g/mol. The summed E-state index contributed by atoms with van der Waals surface area (Å²) in [6.45, 7) is 2.53. The van der Waals surface area contributed by atoms with Crippen LogP contribution < -0.4 is 16.0 Å². The molecule has 3 rings (SSSR count). The van der Waals surface area contributed by atoms with Gasteiger partial charge in [-0.2, -0.15) is 0 Å². The fourth-order valence-electron chi connectivity index (χ4n) is 2.54. The van der Waals surface area contributed by atoms with Gasteiger partial charge in [0.05, 0.1) is 5.69 Å². The average Bonchev–Trinajstić information content (AvgIpc) is 3.13. The van der Waals surface area contributed by atoms with E-state index in [0.717, 1.165) is 11.3 Å². The van der Waals surface area contributed by atoms with Gasteiger partial charge in [0.15, 0.2) is 5.13 Å². The summed E-state index contributed by atoms with van der Waals surface area (Å²) >= 11 is 7.21. The molecule has 0 saturated carbocycles. The number of rotatable bonds is 7. The first-order valence-corrected chi connectivity index (χ1v) is 10.3. The Kier molecular flexibility index (Phi) is 7.21. The molecule has 8 heteroatoms. The molecule has 1 aromatic heterocycles. The summed E-state index contributed by atoms with van der Waals surface area (Å²) in [5.41, 5.74) is 3.61. The van der Waals surface area contributed by atoms with Crippen LogP contribution in [0.2, 0.25) is 5.02 Å². The van der Waals surface area contributed by atoms with Gasteiger partial charge in [0.2, 0.25) is 5.91 Å². The minimum atomic E-state index is -0.399. The minimum absolute atomic E-state index is 0.0354. The number of hydrogen-bond donors (Lipinski definition) is 3. The van der Waals surface area contributed by atoms with Gasteiger partial charge in [0, 0.05) is 29.1 Å². The molecule has 0 saturated heterocycles. The third kappa shape index (κ3) is 6.89. The lowest BCUT2D eigenvalue weighted by atomic mass is 10.1. The molecule has 0 aliphatic rings. The standard InChI is InChI=1S/C21H21ClN4O2S/c1-14-5-7-15(8-6-14)12-23-19(27)10-9-18-13-29-21(25-18)26-20(28)24-17-4-2-3-16(22)11-17/h2-8,11,13H,9-10,12H2,1H3,(H,23,27)(H2,24,25,26,28). The SMILES string of the molecule is Cc1ccc(CNC(=O)CCc2csc(NC(=O)Nc3cccc(Cl)c3)n2)cc1. The van der Waals surface area contributed by atoms with Crippen LogP contribution in [-0.2, 0) is 17.8 Å². The number of benzene rings is 2. The third-order valence-electron chi connectivity index (χ3n) is 4.07. The number of aromatic nitrogens is 1. The van der Waals surface area contributed by atoms with Crippen molar-refractivity contribution in [3.8, 4) is 0 Å². The van der Waals surface area contributed by atoms with E-state index in [9.17, 15) is 9.59 Å². The molecule has 0 aliphatic heterocycles. The number of nitrogens with zero attached hydrogens (tertiary/aromatic N) is 1. The molecular weight excluding hydrogens is 408 g/mol. The summed E-state index contributed by atoms with van der Waals surface area (Å²) in [6.07, 6.45) is 0.845. The lowest BCUT2D eigenvalue weighted by Gasteiger charge is -2.06. The van der Waals surface area contributed by atoms with E-state index in [1.165, 1.54) is 16.9 Å². The fourth-order valence-corrected chi connectivity index (χ4v) is 3.47. The maximum Gasteiger partial charge on any atom is 0.325 e. The van der Waals surface area contributed by atoms with E-state index in [1.807, 2.05) is 36.6 Å². The first kappa shape index (κ1) is 20.8. The van der Waals surface area contributed by atoms with Crippen LogP contribution in [0.25, 0.3) is 0 Å². The molecule has 0 radical (unpaired) electrons. The molecule has 0 fully saturated rings. The topological polar surface area (TPSA) is 83.1 Å². The van der Waals surface area contributed by atoms with Crippen molar-refractivity contribution in [1.82, 2.24) is 10.3 Å². The van der Waals surface area contributed by atoms with Gasteiger partial charge in [-0.15, -0.1) is 11.3 Å². The van der Waals surface area contributed by atoms with Crippen LogP contribution >= 0.6 is 22.9 Å². The summed E-state index contributed by atoms with van der Waals surface area (Å²) in [7, 11) is 0. The number of nitrogens with one attached hydrogen (secondary N) is 3. The van der Waals surface area contributed by atoms with Crippen LogP contribution in [0.1, 0.15) is 23.2 Å². The van der Waals surface area contributed by atoms with Gasteiger partial charge >= 0.3 is 6.03 Å². The van der Waals surface area contributed by atoms with Gasteiger partial charge in [-0.3, -0.25) is 10.1 Å². The predicted octanol–water partition coefficient (Wildman–Crippen LogP) is 5.00. The largest absolute Gasteiger partial charge is 0.352 e. The Hall–Kier alpha value is -2.90. The highest BCUT2D eigenvalue weighted by Gasteiger charge is 2.09. The zero-order valence-electron chi connectivity index (χ0n) is 15.9. The summed E-state index contributed by atoms with van der Waals surface area (Å²) in [6, 6.07) is 14.5. The van der Waals surface area contributed by atoms with Crippen LogP contribution in [0, 0.1) is 6.92 Å². The number of thiazole rings is 1. The molecule has 0 spiro atoms. The summed E-state index contributed by atoms with van der Waals surface area (Å²) < 4.78 is 0. The van der Waals surface area contributed by atoms with Crippen LogP contribution in [0.15, 0.2) is 53.9 Å². The Morgan fingerprint density at radius 1 is 1.10 bits per heavy atom. The zero-order valence-corrected chi connectivity index (χ0v) is 17.4. The smallest absolute Gasteiger partial charge is 0.325 e. The minimum Gasteiger partial charge on any atom is -0.352 e. The number of amides is 3. The predicted molar refractivity (Wildman–Crippen MR) is 118 cm³/mol. The fraction of sp³-hybridized carbons (Fsp3) is 0.190. The van der Waals surface area contributed by atoms with E-state index in [0.29, 0.717) is 35.2 Å². The van der Waals surface area contributed by atoms with Gasteiger partial charge in [0.25, 0.3) is 0 Å². The first-order chi connectivity index (χ1) is 14.0. The summed E-state index contributed by atoms with van der Waals surface area (Å²) in [4.78, 5) is 28.4. The number of halogens is 1. The van der Waals surface area contributed by atoms with E-state index in [2.05, 4.69) is 20.9 Å². The molecule has 0 aliphatic carbocycles. The second kappa shape index (κ2) is 10.0. The Morgan fingerprint density at radius 3 is 2.66 bits per heavy atom. The van der Waals surface area contributed by atoms with Crippen LogP contribution in [0.3, 0.4) is 0 Å². The Balaban J connectivity index is 1.41. The molecule has 3 amide bonds. The van der Waals surface area contributed by atoms with Crippen molar-refractivity contribution in [2.45, 2.75) is 26.3 Å². The van der Waals surface area contributed by atoms with Gasteiger partial charge < -0.3 is 10.6 Å².